The standard InChI is InChI=1S/C12H17FN4O3S/c13-21(19,20)9-6-12(18)16(7-9)8-11-15-14-10-4-2-1-3-5-17(10)11/h9H,1-8H2. The number of hydrogen-bond donors (Lipinski definition) is 0. The van der Waals surface area contributed by atoms with Crippen molar-refractivity contribution in [3.63, 3.8) is 0 Å². The summed E-state index contributed by atoms with van der Waals surface area (Å²) in [5, 5.41) is 6.98. The molecule has 9 heteroatoms. The first-order chi connectivity index (χ1) is 9.95. The molecule has 3 heterocycles. The molecule has 1 fully saturated rings. The average Bonchev–Trinajstić information content (AvgIpc) is 2.87. The van der Waals surface area contributed by atoms with Crippen molar-refractivity contribution in [2.45, 2.75) is 50.4 Å². The molecule has 1 saturated heterocycles. The molecule has 116 valence electrons. The fraction of sp³-hybridized carbons (Fsp3) is 0.750. The van der Waals surface area contributed by atoms with Crippen LogP contribution in [-0.4, -0.2) is 45.8 Å². The highest BCUT2D eigenvalue weighted by atomic mass is 32.3. The lowest BCUT2D eigenvalue weighted by atomic mass is 10.2. The van der Waals surface area contributed by atoms with Crippen LogP contribution in [0.2, 0.25) is 0 Å². The molecule has 0 radical (unpaired) electrons. The van der Waals surface area contributed by atoms with Crippen LogP contribution in [0.5, 0.6) is 0 Å². The molecule has 0 N–H and O–H groups in total. The zero-order valence-corrected chi connectivity index (χ0v) is 12.4. The number of amides is 1. The minimum Gasteiger partial charge on any atom is -0.334 e. The van der Waals surface area contributed by atoms with Gasteiger partial charge in [-0.1, -0.05) is 6.42 Å². The van der Waals surface area contributed by atoms with Crippen LogP contribution >= 0.6 is 0 Å². The number of carbonyl (C=O) groups excluding carboxylic acids is 1. The van der Waals surface area contributed by atoms with E-state index in [0.29, 0.717) is 5.82 Å². The second kappa shape index (κ2) is 5.36. The summed E-state index contributed by atoms with van der Waals surface area (Å²) in [6, 6.07) is 0. The number of nitrogens with zero attached hydrogens (tertiary/aromatic N) is 4. The summed E-state index contributed by atoms with van der Waals surface area (Å²) in [6.45, 7) is 0.891. The Morgan fingerprint density at radius 3 is 2.76 bits per heavy atom. The first-order valence-corrected chi connectivity index (χ1v) is 8.52. The van der Waals surface area contributed by atoms with Crippen LogP contribution in [0.4, 0.5) is 3.89 Å². The van der Waals surface area contributed by atoms with Gasteiger partial charge in [0.15, 0.2) is 5.82 Å². The Kier molecular flexibility index (Phi) is 3.68. The summed E-state index contributed by atoms with van der Waals surface area (Å²) < 4.78 is 36.9. The average molecular weight is 316 g/mol. The highest BCUT2D eigenvalue weighted by Crippen LogP contribution is 2.22. The van der Waals surface area contributed by atoms with E-state index in [2.05, 4.69) is 10.2 Å². The van der Waals surface area contributed by atoms with Crippen molar-refractivity contribution >= 4 is 16.1 Å². The zero-order valence-electron chi connectivity index (χ0n) is 11.5. The third-order valence-electron chi connectivity index (χ3n) is 4.10. The van der Waals surface area contributed by atoms with Crippen LogP contribution in [-0.2, 0) is 34.5 Å². The summed E-state index contributed by atoms with van der Waals surface area (Å²) in [5.74, 6) is 1.20. The number of aryl methyl sites for hydroxylation is 1. The van der Waals surface area contributed by atoms with Gasteiger partial charge in [-0.25, -0.2) is 0 Å². The van der Waals surface area contributed by atoms with E-state index >= 15 is 0 Å². The molecule has 2 aliphatic rings. The molecule has 0 aliphatic carbocycles. The smallest absolute Gasteiger partial charge is 0.307 e. The van der Waals surface area contributed by atoms with Gasteiger partial charge in [-0.2, -0.15) is 8.42 Å². The van der Waals surface area contributed by atoms with Crippen LogP contribution in [0.3, 0.4) is 0 Å². The Balaban J connectivity index is 1.76. The number of halogens is 1. The quantitative estimate of drug-likeness (QED) is 0.754. The molecule has 1 unspecified atom stereocenters. The first-order valence-electron chi connectivity index (χ1n) is 7.07. The maximum absolute atomic E-state index is 13.0. The molecule has 0 saturated carbocycles. The highest BCUT2D eigenvalue weighted by Gasteiger charge is 2.38. The number of fused-ring (bicyclic) bond motifs is 1. The highest BCUT2D eigenvalue weighted by molar-refractivity contribution is 7.87. The van der Waals surface area contributed by atoms with E-state index < -0.39 is 15.5 Å². The fourth-order valence-electron chi connectivity index (χ4n) is 2.91. The third kappa shape index (κ3) is 2.92. The Morgan fingerprint density at radius 1 is 1.24 bits per heavy atom. The molecule has 1 amide bonds. The summed E-state index contributed by atoms with van der Waals surface area (Å²) >= 11 is 0. The van der Waals surface area contributed by atoms with E-state index in [1.807, 2.05) is 4.57 Å². The van der Waals surface area contributed by atoms with E-state index in [1.165, 1.54) is 4.90 Å². The minimum atomic E-state index is -4.68. The topological polar surface area (TPSA) is 85.2 Å². The van der Waals surface area contributed by atoms with Gasteiger partial charge in [0.2, 0.25) is 5.91 Å². The van der Waals surface area contributed by atoms with E-state index in [9.17, 15) is 17.1 Å². The molecular weight excluding hydrogens is 299 g/mol. The normalized spacial score (nSPS) is 23.2. The Morgan fingerprint density at radius 2 is 2.05 bits per heavy atom. The Hall–Kier alpha value is -1.51. The number of hydrogen-bond acceptors (Lipinski definition) is 5. The van der Waals surface area contributed by atoms with E-state index in [1.54, 1.807) is 0 Å². The summed E-state index contributed by atoms with van der Waals surface area (Å²) in [6.07, 6.45) is 3.81. The predicted octanol–water partition coefficient (Wildman–Crippen LogP) is 0.405. The van der Waals surface area contributed by atoms with Gasteiger partial charge in [0, 0.05) is 25.9 Å². The molecule has 0 spiro atoms. The number of aromatic nitrogens is 3. The van der Waals surface area contributed by atoms with Crippen LogP contribution in [0.1, 0.15) is 37.3 Å². The molecular formula is C12H17FN4O3S. The van der Waals surface area contributed by atoms with Gasteiger partial charge in [-0.05, 0) is 12.8 Å². The lowest BCUT2D eigenvalue weighted by molar-refractivity contribution is -0.128. The van der Waals surface area contributed by atoms with Crippen molar-refractivity contribution in [3.05, 3.63) is 11.6 Å². The van der Waals surface area contributed by atoms with E-state index in [0.717, 1.165) is 38.1 Å². The molecule has 0 bridgehead atoms. The van der Waals surface area contributed by atoms with Crippen molar-refractivity contribution in [3.8, 4) is 0 Å². The van der Waals surface area contributed by atoms with Gasteiger partial charge in [-0.3, -0.25) is 4.79 Å². The molecule has 1 aromatic heterocycles. The van der Waals surface area contributed by atoms with Gasteiger partial charge >= 0.3 is 10.2 Å². The number of likely N-dealkylation sites (tertiary alicyclic amines) is 1. The molecule has 1 aromatic rings. The number of carbonyl (C=O) groups is 1. The zero-order chi connectivity index (χ0) is 15.0. The molecule has 2 aliphatic heterocycles. The van der Waals surface area contributed by atoms with Gasteiger partial charge in [0.1, 0.15) is 11.1 Å². The lowest BCUT2D eigenvalue weighted by Gasteiger charge is -2.16. The van der Waals surface area contributed by atoms with Crippen LogP contribution in [0.15, 0.2) is 0 Å². The molecule has 0 aromatic carbocycles. The predicted molar refractivity (Wildman–Crippen MR) is 71.4 cm³/mol. The monoisotopic (exact) mass is 316 g/mol. The van der Waals surface area contributed by atoms with Gasteiger partial charge in [-0.15, -0.1) is 14.1 Å². The van der Waals surface area contributed by atoms with Crippen molar-refractivity contribution < 1.29 is 17.1 Å². The van der Waals surface area contributed by atoms with Crippen LogP contribution < -0.4 is 0 Å². The van der Waals surface area contributed by atoms with E-state index in [4.69, 9.17) is 0 Å². The van der Waals surface area contributed by atoms with Gasteiger partial charge in [0.25, 0.3) is 0 Å². The Labute approximate surface area is 122 Å². The fourth-order valence-corrected chi connectivity index (χ4v) is 3.61. The maximum atomic E-state index is 13.0. The summed E-state index contributed by atoms with van der Waals surface area (Å²) in [4.78, 5) is 13.2. The maximum Gasteiger partial charge on any atom is 0.307 e. The largest absolute Gasteiger partial charge is 0.334 e. The molecule has 21 heavy (non-hydrogen) atoms. The van der Waals surface area contributed by atoms with Crippen LogP contribution in [0.25, 0.3) is 0 Å². The SMILES string of the molecule is O=C1CC(S(=O)(=O)F)CN1Cc1nnc2n1CCCCC2. The molecule has 7 nitrogen and oxygen atoms in total. The van der Waals surface area contributed by atoms with E-state index in [-0.39, 0.29) is 25.4 Å². The van der Waals surface area contributed by atoms with Crippen molar-refractivity contribution in [1.82, 2.24) is 19.7 Å². The summed E-state index contributed by atoms with van der Waals surface area (Å²) in [7, 11) is -4.68. The van der Waals surface area contributed by atoms with Crippen molar-refractivity contribution in [2.75, 3.05) is 6.54 Å². The summed E-state index contributed by atoms with van der Waals surface area (Å²) in [5.41, 5.74) is 0. The van der Waals surface area contributed by atoms with Gasteiger partial charge < -0.3 is 9.47 Å². The van der Waals surface area contributed by atoms with Crippen LogP contribution in [0, 0.1) is 0 Å². The molecule has 1 atom stereocenters. The molecule has 3 rings (SSSR count). The second-order valence-electron chi connectivity index (χ2n) is 5.57. The number of rotatable bonds is 3. The lowest BCUT2D eigenvalue weighted by Crippen LogP contribution is -2.28. The van der Waals surface area contributed by atoms with Crippen molar-refractivity contribution in [1.29, 1.82) is 0 Å². The third-order valence-corrected chi connectivity index (χ3v) is 5.21. The van der Waals surface area contributed by atoms with Crippen molar-refractivity contribution in [2.24, 2.45) is 0 Å². The Bertz CT molecular complexity index is 657. The first kappa shape index (κ1) is 14.4. The second-order valence-corrected chi connectivity index (χ2v) is 7.19. The minimum absolute atomic E-state index is 0.111. The van der Waals surface area contributed by atoms with Gasteiger partial charge in [0.05, 0.1) is 6.54 Å².